The maximum atomic E-state index is 12.9. The van der Waals surface area contributed by atoms with E-state index in [1.54, 1.807) is 45.5 Å². The molecule has 0 aliphatic heterocycles. The molecule has 0 fully saturated rings. The number of fused-ring (bicyclic) bond motifs is 1. The van der Waals surface area contributed by atoms with Crippen LogP contribution in [0.4, 0.5) is 10.2 Å². The second-order valence-corrected chi connectivity index (χ2v) is 10.2. The van der Waals surface area contributed by atoms with Crippen LogP contribution < -0.4 is 16.6 Å². The van der Waals surface area contributed by atoms with E-state index >= 15 is 0 Å². The van der Waals surface area contributed by atoms with E-state index in [-0.39, 0.29) is 30.1 Å². The number of nitrogens with zero attached hydrogens (tertiary/aromatic N) is 4. The summed E-state index contributed by atoms with van der Waals surface area (Å²) in [6.45, 7) is 9.03. The number of aromatic nitrogens is 4. The fourth-order valence-corrected chi connectivity index (χ4v) is 3.54. The van der Waals surface area contributed by atoms with Crippen LogP contribution in [0.15, 0.2) is 36.9 Å². The number of hydrogen-bond acceptors (Lipinski definition) is 10. The molecular weight excluding hydrogens is 504 g/mol. The molecule has 0 saturated heterocycles. The zero-order chi connectivity index (χ0) is 27.8. The number of ether oxygens (including phenoxy) is 2. The lowest BCUT2D eigenvalue weighted by Crippen LogP contribution is -2.43. The van der Waals surface area contributed by atoms with E-state index in [9.17, 15) is 18.5 Å². The van der Waals surface area contributed by atoms with E-state index in [1.807, 2.05) is 0 Å². The van der Waals surface area contributed by atoms with Crippen molar-refractivity contribution in [2.75, 3.05) is 12.1 Å². The standard InChI is InChI=1S/C16H16FN6O3P.C7H15NO2/c1-10(6-23-8-21-13-14(18)19-7-20-15(13)23)26-9-27(25)22-16(24)11-2-4-12(17)5-3-11;1-5(2)10-6(9)7(3,4)8/h2-5,7-8,10H,6,9H2,1H3,(H2-,18,19,20,22,24,25);5H,8H2,1-4H3/p+1. The molecule has 1 aromatic carbocycles. The summed E-state index contributed by atoms with van der Waals surface area (Å²) in [7, 11) is -2.12. The van der Waals surface area contributed by atoms with E-state index in [0.717, 1.165) is 12.1 Å². The normalized spacial score (nSPS) is 12.5. The maximum Gasteiger partial charge on any atom is 0.491 e. The molecule has 0 aliphatic rings. The van der Waals surface area contributed by atoms with Crippen molar-refractivity contribution in [1.29, 1.82) is 0 Å². The monoisotopic (exact) mass is 536 g/mol. The van der Waals surface area contributed by atoms with Gasteiger partial charge in [0.2, 0.25) is 0 Å². The van der Waals surface area contributed by atoms with Crippen molar-refractivity contribution in [3.63, 3.8) is 0 Å². The zero-order valence-electron chi connectivity index (χ0n) is 21.3. The Morgan fingerprint density at radius 2 is 1.81 bits per heavy atom. The molecule has 3 aromatic rings. The molecule has 14 heteroatoms. The van der Waals surface area contributed by atoms with Gasteiger partial charge < -0.3 is 25.5 Å². The van der Waals surface area contributed by atoms with E-state index in [0.29, 0.717) is 23.5 Å². The number of nitrogens with one attached hydrogen (secondary N) is 1. The van der Waals surface area contributed by atoms with Gasteiger partial charge >= 0.3 is 13.9 Å². The first-order chi connectivity index (χ1) is 17.3. The Morgan fingerprint density at radius 3 is 2.38 bits per heavy atom. The van der Waals surface area contributed by atoms with Crippen LogP contribution in [0.25, 0.3) is 11.2 Å². The SMILES string of the molecule is CC(C)OC(=O)C(C)(C)N.CC(Cn1cnc2c(N)ncnc21)OC[P+](=O)NC(=O)c1ccc(F)cc1. The fraction of sp³-hybridized carbons (Fsp3) is 0.435. The summed E-state index contributed by atoms with van der Waals surface area (Å²) in [6, 6.07) is 4.95. The molecule has 0 saturated carbocycles. The highest BCUT2D eigenvalue weighted by atomic mass is 31.1. The Kier molecular flexibility index (Phi) is 10.5. The second kappa shape index (κ2) is 13.1. The van der Waals surface area contributed by atoms with Crippen molar-refractivity contribution in [2.24, 2.45) is 5.73 Å². The van der Waals surface area contributed by atoms with Gasteiger partial charge in [-0.25, -0.2) is 19.3 Å². The van der Waals surface area contributed by atoms with Crippen molar-refractivity contribution >= 4 is 36.8 Å². The quantitative estimate of drug-likeness (QED) is 0.272. The summed E-state index contributed by atoms with van der Waals surface area (Å²) in [5.41, 5.74) is 11.6. The summed E-state index contributed by atoms with van der Waals surface area (Å²) in [4.78, 5) is 35.0. The van der Waals surface area contributed by atoms with Crippen LogP contribution in [0.3, 0.4) is 0 Å². The molecule has 2 heterocycles. The number of hydrogen-bond donors (Lipinski definition) is 3. The predicted molar refractivity (Wildman–Crippen MR) is 136 cm³/mol. The second-order valence-electron chi connectivity index (χ2n) is 8.94. The van der Waals surface area contributed by atoms with Gasteiger partial charge in [-0.05, 0) is 63.4 Å². The van der Waals surface area contributed by atoms with E-state index < -0.39 is 25.2 Å². The lowest BCUT2D eigenvalue weighted by Gasteiger charge is -2.18. The Hall–Kier alpha value is -3.54. The van der Waals surface area contributed by atoms with Gasteiger partial charge in [0.15, 0.2) is 11.5 Å². The van der Waals surface area contributed by atoms with E-state index in [1.165, 1.54) is 18.5 Å². The third-order valence-corrected chi connectivity index (χ3v) is 5.40. The molecule has 0 radical (unpaired) electrons. The average molecular weight is 537 g/mol. The maximum absolute atomic E-state index is 12.9. The highest BCUT2D eigenvalue weighted by Gasteiger charge is 2.24. The highest BCUT2D eigenvalue weighted by Crippen LogP contribution is 2.19. The minimum atomic E-state index is -2.12. The molecule has 1 amide bonds. The summed E-state index contributed by atoms with van der Waals surface area (Å²) in [5.74, 6) is -1.08. The molecule has 12 nitrogen and oxygen atoms in total. The molecule has 2 aromatic heterocycles. The van der Waals surface area contributed by atoms with Gasteiger partial charge in [-0.1, -0.05) is 0 Å². The summed E-state index contributed by atoms with van der Waals surface area (Å²) >= 11 is 0. The third-order valence-electron chi connectivity index (χ3n) is 4.56. The molecule has 0 bridgehead atoms. The van der Waals surface area contributed by atoms with Crippen molar-refractivity contribution in [3.05, 3.63) is 48.3 Å². The number of halogens is 1. The van der Waals surface area contributed by atoms with Crippen molar-refractivity contribution in [3.8, 4) is 0 Å². The lowest BCUT2D eigenvalue weighted by molar-refractivity contribution is -0.152. The van der Waals surface area contributed by atoms with Crippen molar-refractivity contribution in [2.45, 2.75) is 58.9 Å². The Labute approximate surface area is 214 Å². The topological polar surface area (TPSA) is 177 Å². The number of rotatable bonds is 9. The number of amides is 1. The van der Waals surface area contributed by atoms with Gasteiger partial charge in [-0.3, -0.25) is 9.59 Å². The third kappa shape index (κ3) is 9.45. The molecule has 0 spiro atoms. The number of carbonyl (C=O) groups excluding carboxylic acids is 2. The van der Waals surface area contributed by atoms with Crippen molar-refractivity contribution < 1.29 is 28.0 Å². The lowest BCUT2D eigenvalue weighted by atomic mass is 10.1. The number of esters is 1. The van der Waals surface area contributed by atoms with E-state index in [2.05, 4.69) is 20.0 Å². The van der Waals surface area contributed by atoms with Crippen LogP contribution in [-0.2, 0) is 25.4 Å². The smallest absolute Gasteiger partial charge is 0.462 e. The molecule has 200 valence electrons. The average Bonchev–Trinajstić information content (AvgIpc) is 3.21. The summed E-state index contributed by atoms with van der Waals surface area (Å²) in [6.07, 6.45) is 2.36. The summed E-state index contributed by atoms with van der Waals surface area (Å²) in [5, 5.41) is 2.33. The Bertz CT molecular complexity index is 1230. The van der Waals surface area contributed by atoms with E-state index in [4.69, 9.17) is 20.9 Å². The minimum Gasteiger partial charge on any atom is -0.462 e. The number of benzene rings is 1. The van der Waals surface area contributed by atoms with Crippen LogP contribution in [-0.4, -0.2) is 55.5 Å². The van der Waals surface area contributed by atoms with Gasteiger partial charge in [0.25, 0.3) is 12.3 Å². The minimum absolute atomic E-state index is 0.0877. The molecular formula is C23H32FN7O5P+. The Morgan fingerprint density at radius 1 is 1.16 bits per heavy atom. The number of nitrogens with two attached hydrogens (primary N) is 2. The summed E-state index contributed by atoms with van der Waals surface area (Å²) < 4.78 is 37.0. The number of carbonyl (C=O) groups is 2. The first-order valence-corrected chi connectivity index (χ1v) is 12.8. The van der Waals surface area contributed by atoms with Gasteiger partial charge in [0, 0.05) is 5.56 Å². The molecule has 2 atom stereocenters. The van der Waals surface area contributed by atoms with Crippen LogP contribution in [0.2, 0.25) is 0 Å². The molecule has 0 aliphatic carbocycles. The molecule has 3 rings (SSSR count). The molecule has 2 unspecified atom stereocenters. The first-order valence-electron chi connectivity index (χ1n) is 11.3. The van der Waals surface area contributed by atoms with Crippen LogP contribution in [0.5, 0.6) is 0 Å². The van der Waals surface area contributed by atoms with Gasteiger partial charge in [0.05, 0.1) is 25.1 Å². The number of nitrogen functional groups attached to an aromatic ring is 1. The Balaban J connectivity index is 0.000000410. The molecule has 37 heavy (non-hydrogen) atoms. The van der Waals surface area contributed by atoms with Crippen LogP contribution in [0.1, 0.15) is 45.0 Å². The first kappa shape index (κ1) is 29.7. The van der Waals surface area contributed by atoms with Crippen LogP contribution in [0, 0.1) is 5.82 Å². The largest absolute Gasteiger partial charge is 0.491 e. The highest BCUT2D eigenvalue weighted by molar-refractivity contribution is 7.43. The van der Waals surface area contributed by atoms with Gasteiger partial charge in [-0.15, -0.1) is 5.09 Å². The molecule has 5 N–H and O–H groups in total. The van der Waals surface area contributed by atoms with Gasteiger partial charge in [0.1, 0.15) is 23.2 Å². The van der Waals surface area contributed by atoms with Crippen molar-refractivity contribution in [1.82, 2.24) is 24.6 Å². The fourth-order valence-electron chi connectivity index (χ4n) is 2.73. The zero-order valence-corrected chi connectivity index (χ0v) is 22.2. The van der Waals surface area contributed by atoms with Gasteiger partial charge in [-0.2, -0.15) is 0 Å². The number of anilines is 1. The van der Waals surface area contributed by atoms with Crippen LogP contribution >= 0.6 is 7.95 Å². The predicted octanol–water partition coefficient (Wildman–Crippen LogP) is 2.76. The number of imidazole rings is 1.